The minimum absolute atomic E-state index is 0.0148. The van der Waals surface area contributed by atoms with Gasteiger partial charge in [-0.05, 0) is 13.8 Å². The lowest BCUT2D eigenvalue weighted by atomic mass is 10.1. The van der Waals surface area contributed by atoms with Crippen LogP contribution in [0.25, 0.3) is 0 Å². The van der Waals surface area contributed by atoms with Gasteiger partial charge in [0.2, 0.25) is 11.7 Å². The van der Waals surface area contributed by atoms with Crippen LogP contribution in [0, 0.1) is 5.92 Å². The number of rotatable bonds is 6. The quantitative estimate of drug-likeness (QED) is 0.257. The maximum Gasteiger partial charge on any atom is 0.328 e. The molecule has 0 fully saturated rings. The van der Waals surface area contributed by atoms with Gasteiger partial charge in [0.1, 0.15) is 0 Å². The highest BCUT2D eigenvalue weighted by Gasteiger charge is 2.36. The Morgan fingerprint density at radius 1 is 1.07 bits per heavy atom. The number of Topliss-reactive ketones (excluding diaryl/α,β-unsaturated/α-hetero) is 1. The van der Waals surface area contributed by atoms with Gasteiger partial charge in [0.05, 0.1) is 13.2 Å². The van der Waals surface area contributed by atoms with Gasteiger partial charge in [-0.3, -0.25) is 19.2 Å². The molecule has 6 heteroatoms. The van der Waals surface area contributed by atoms with Gasteiger partial charge in [-0.2, -0.15) is 0 Å². The number of ketones is 1. The van der Waals surface area contributed by atoms with Crippen molar-refractivity contribution in [3.05, 3.63) is 0 Å². The van der Waals surface area contributed by atoms with E-state index in [1.807, 2.05) is 0 Å². The molecule has 0 saturated heterocycles. The third-order valence-electron chi connectivity index (χ3n) is 1.45. The van der Waals surface area contributed by atoms with Gasteiger partial charge in [-0.1, -0.05) is 0 Å². The first-order chi connectivity index (χ1) is 7.08. The van der Waals surface area contributed by atoms with Crippen LogP contribution in [0.4, 0.5) is 0 Å². The number of carbonyl (C=O) groups excluding carboxylic acids is 4. The Hall–Kier alpha value is -1.72. The summed E-state index contributed by atoms with van der Waals surface area (Å²) >= 11 is 0. The SMILES string of the molecule is CCOC(=O)C(C(=O)C=O)C(=O)OCC. The highest BCUT2D eigenvalue weighted by molar-refractivity contribution is 6.36. The third kappa shape index (κ3) is 3.88. The highest BCUT2D eigenvalue weighted by atomic mass is 16.6. The molecule has 0 aliphatic heterocycles. The zero-order chi connectivity index (χ0) is 11.8. The minimum atomic E-state index is -1.79. The molecular formula is C9H12O6. The largest absolute Gasteiger partial charge is 0.465 e. The number of aldehydes is 1. The highest BCUT2D eigenvalue weighted by Crippen LogP contribution is 2.04. The van der Waals surface area contributed by atoms with Gasteiger partial charge >= 0.3 is 11.9 Å². The molecule has 0 aromatic rings. The van der Waals surface area contributed by atoms with Crippen molar-refractivity contribution < 1.29 is 28.7 Å². The molecule has 0 aromatic carbocycles. The summed E-state index contributed by atoms with van der Waals surface area (Å²) in [7, 11) is 0. The summed E-state index contributed by atoms with van der Waals surface area (Å²) in [5.74, 6) is -5.07. The molecule has 0 atom stereocenters. The minimum Gasteiger partial charge on any atom is -0.465 e. The molecule has 84 valence electrons. The van der Waals surface area contributed by atoms with Crippen molar-refractivity contribution in [1.29, 1.82) is 0 Å². The summed E-state index contributed by atoms with van der Waals surface area (Å²) in [6.07, 6.45) is -0.0987. The average Bonchev–Trinajstić information content (AvgIpc) is 2.18. The van der Waals surface area contributed by atoms with E-state index in [4.69, 9.17) is 0 Å². The van der Waals surface area contributed by atoms with Gasteiger partial charge < -0.3 is 9.47 Å². The molecule has 0 radical (unpaired) electrons. The maximum atomic E-state index is 11.2. The van der Waals surface area contributed by atoms with Crippen LogP contribution in [0.3, 0.4) is 0 Å². The second kappa shape index (κ2) is 6.69. The van der Waals surface area contributed by atoms with E-state index in [1.54, 1.807) is 0 Å². The van der Waals surface area contributed by atoms with Crippen molar-refractivity contribution >= 4 is 24.0 Å². The van der Waals surface area contributed by atoms with Crippen LogP contribution in [0.1, 0.15) is 13.8 Å². The van der Waals surface area contributed by atoms with Crippen LogP contribution in [-0.2, 0) is 28.7 Å². The van der Waals surface area contributed by atoms with Crippen molar-refractivity contribution in [3.63, 3.8) is 0 Å². The van der Waals surface area contributed by atoms with Gasteiger partial charge in [-0.15, -0.1) is 0 Å². The van der Waals surface area contributed by atoms with Crippen LogP contribution >= 0.6 is 0 Å². The molecule has 0 unspecified atom stereocenters. The molecule has 0 saturated carbocycles. The third-order valence-corrected chi connectivity index (χ3v) is 1.45. The normalized spacial score (nSPS) is 9.53. The lowest BCUT2D eigenvalue weighted by molar-refractivity contribution is -0.164. The topological polar surface area (TPSA) is 86.7 Å². The van der Waals surface area contributed by atoms with Gasteiger partial charge in [-0.25, -0.2) is 0 Å². The molecule has 0 aromatic heterocycles. The van der Waals surface area contributed by atoms with Gasteiger partial charge in [0.25, 0.3) is 0 Å². The zero-order valence-electron chi connectivity index (χ0n) is 8.52. The summed E-state index contributed by atoms with van der Waals surface area (Å²) < 4.78 is 8.95. The average molecular weight is 216 g/mol. The Kier molecular flexibility index (Phi) is 5.92. The lowest BCUT2D eigenvalue weighted by Crippen LogP contribution is -2.35. The van der Waals surface area contributed by atoms with Crippen LogP contribution in [-0.4, -0.2) is 37.2 Å². The smallest absolute Gasteiger partial charge is 0.328 e. The van der Waals surface area contributed by atoms with Crippen molar-refractivity contribution in [2.75, 3.05) is 13.2 Å². The van der Waals surface area contributed by atoms with Crippen LogP contribution < -0.4 is 0 Å². The summed E-state index contributed by atoms with van der Waals surface area (Å²) in [5, 5.41) is 0. The molecule has 6 nitrogen and oxygen atoms in total. The molecule has 0 bridgehead atoms. The monoisotopic (exact) mass is 216 g/mol. The standard InChI is InChI=1S/C9H12O6/c1-3-14-8(12)7(6(11)5-10)9(13)15-4-2/h5,7H,3-4H2,1-2H3. The molecule has 0 spiro atoms. The molecular weight excluding hydrogens is 204 g/mol. The number of hydrogen-bond donors (Lipinski definition) is 0. The molecule has 15 heavy (non-hydrogen) atoms. The molecule has 0 aliphatic rings. The number of ether oxygens (including phenoxy) is 2. The molecule has 0 amide bonds. The first-order valence-electron chi connectivity index (χ1n) is 4.40. The second-order valence-electron chi connectivity index (χ2n) is 2.46. The second-order valence-corrected chi connectivity index (χ2v) is 2.46. The fourth-order valence-electron chi connectivity index (χ4n) is 0.848. The first kappa shape index (κ1) is 13.3. The van der Waals surface area contributed by atoms with Crippen molar-refractivity contribution in [2.45, 2.75) is 13.8 Å². The van der Waals surface area contributed by atoms with Crippen molar-refractivity contribution in [3.8, 4) is 0 Å². The van der Waals surface area contributed by atoms with E-state index in [2.05, 4.69) is 9.47 Å². The molecule has 0 aliphatic carbocycles. The number of esters is 2. The maximum absolute atomic E-state index is 11.2. The van der Waals surface area contributed by atoms with E-state index in [1.165, 1.54) is 13.8 Å². The van der Waals surface area contributed by atoms with E-state index in [0.717, 1.165) is 0 Å². The summed E-state index contributed by atoms with van der Waals surface area (Å²) in [5.41, 5.74) is 0. The first-order valence-corrected chi connectivity index (χ1v) is 4.40. The van der Waals surface area contributed by atoms with Crippen molar-refractivity contribution in [1.82, 2.24) is 0 Å². The Balaban J connectivity index is 4.71. The molecule has 0 N–H and O–H groups in total. The van der Waals surface area contributed by atoms with E-state index < -0.39 is 23.6 Å². The Morgan fingerprint density at radius 3 is 1.73 bits per heavy atom. The lowest BCUT2D eigenvalue weighted by Gasteiger charge is -2.10. The fraction of sp³-hybridized carbons (Fsp3) is 0.556. The van der Waals surface area contributed by atoms with Crippen LogP contribution in [0.5, 0.6) is 0 Å². The predicted molar refractivity (Wildman–Crippen MR) is 47.8 cm³/mol. The summed E-state index contributed by atoms with van der Waals surface area (Å²) in [4.78, 5) is 43.5. The Morgan fingerprint density at radius 2 is 1.47 bits per heavy atom. The van der Waals surface area contributed by atoms with E-state index >= 15 is 0 Å². The molecule has 0 rings (SSSR count). The van der Waals surface area contributed by atoms with E-state index in [9.17, 15) is 19.2 Å². The van der Waals surface area contributed by atoms with Crippen molar-refractivity contribution in [2.24, 2.45) is 5.92 Å². The Bertz CT molecular complexity index is 252. The van der Waals surface area contributed by atoms with E-state index in [0.29, 0.717) is 0 Å². The summed E-state index contributed by atoms with van der Waals surface area (Å²) in [6.45, 7) is 3.07. The fourth-order valence-corrected chi connectivity index (χ4v) is 0.848. The van der Waals surface area contributed by atoms with E-state index in [-0.39, 0.29) is 19.5 Å². The molecule has 0 heterocycles. The van der Waals surface area contributed by atoms with Gasteiger partial charge in [0, 0.05) is 0 Å². The van der Waals surface area contributed by atoms with Crippen LogP contribution in [0.2, 0.25) is 0 Å². The number of carbonyl (C=O) groups is 4. The Labute approximate surface area is 86.5 Å². The van der Waals surface area contributed by atoms with Crippen LogP contribution in [0.15, 0.2) is 0 Å². The predicted octanol–water partition coefficient (Wildman–Crippen LogP) is -0.503. The van der Waals surface area contributed by atoms with Gasteiger partial charge in [0.15, 0.2) is 6.29 Å². The number of hydrogen-bond acceptors (Lipinski definition) is 6. The zero-order valence-corrected chi connectivity index (χ0v) is 8.52. The summed E-state index contributed by atoms with van der Waals surface area (Å²) in [6, 6.07) is 0.